The molecule has 0 radical (unpaired) electrons. The summed E-state index contributed by atoms with van der Waals surface area (Å²) in [7, 11) is 0. The van der Waals surface area contributed by atoms with Crippen LogP contribution in [0.5, 0.6) is 0 Å². The fraction of sp³-hybridized carbons (Fsp3) is 0.500. The molecule has 0 saturated heterocycles. The molecule has 2 unspecified atom stereocenters. The van der Waals surface area contributed by atoms with Gasteiger partial charge in [-0.15, -0.1) is 0 Å². The highest BCUT2D eigenvalue weighted by atomic mass is 19.4. The van der Waals surface area contributed by atoms with Gasteiger partial charge < -0.3 is 0 Å². The lowest BCUT2D eigenvalue weighted by Crippen LogP contribution is -2.12. The van der Waals surface area contributed by atoms with Gasteiger partial charge in [-0.2, -0.15) is 13.2 Å². The molecule has 0 nitrogen and oxygen atoms in total. The highest BCUT2D eigenvalue weighted by Gasteiger charge is 2.34. The average Bonchev–Trinajstić information content (AvgIpc) is 2.58. The second-order valence-electron chi connectivity index (χ2n) is 8.24. The molecular formula is C24H31F3. The maximum absolute atomic E-state index is 13.4. The van der Waals surface area contributed by atoms with Gasteiger partial charge in [0.1, 0.15) is 0 Å². The van der Waals surface area contributed by atoms with Crippen molar-refractivity contribution in [3.63, 3.8) is 0 Å². The van der Waals surface area contributed by atoms with E-state index in [2.05, 4.69) is 45.9 Å². The average molecular weight is 377 g/mol. The second-order valence-corrected chi connectivity index (χ2v) is 8.24. The van der Waals surface area contributed by atoms with Crippen LogP contribution < -0.4 is 0 Å². The summed E-state index contributed by atoms with van der Waals surface area (Å²) in [4.78, 5) is 0. The predicted octanol–water partition coefficient (Wildman–Crippen LogP) is 8.13. The van der Waals surface area contributed by atoms with E-state index in [-0.39, 0.29) is 5.92 Å². The van der Waals surface area contributed by atoms with E-state index in [0.29, 0.717) is 23.0 Å². The van der Waals surface area contributed by atoms with E-state index >= 15 is 0 Å². The summed E-state index contributed by atoms with van der Waals surface area (Å²) in [6, 6.07) is 11.3. The Morgan fingerprint density at radius 1 is 0.778 bits per heavy atom. The summed E-state index contributed by atoms with van der Waals surface area (Å²) >= 11 is 0. The van der Waals surface area contributed by atoms with Crippen LogP contribution in [-0.2, 0) is 6.18 Å². The monoisotopic (exact) mass is 376 g/mol. The third-order valence-electron chi connectivity index (χ3n) is 5.56. The normalized spacial score (nSPS) is 14.4. The maximum Gasteiger partial charge on any atom is 0.416 e. The summed E-state index contributed by atoms with van der Waals surface area (Å²) in [6.07, 6.45) is -2.70. The molecule has 0 N–H and O–H groups in total. The number of aryl methyl sites for hydroxylation is 2. The van der Waals surface area contributed by atoms with Crippen LogP contribution in [0.2, 0.25) is 0 Å². The molecule has 148 valence electrons. The molecule has 3 heteroatoms. The highest BCUT2D eigenvalue weighted by molar-refractivity contribution is 5.37. The lowest BCUT2D eigenvalue weighted by Gasteiger charge is -2.21. The molecule has 0 amide bonds. The van der Waals surface area contributed by atoms with Crippen molar-refractivity contribution in [2.24, 2.45) is 0 Å². The van der Waals surface area contributed by atoms with Gasteiger partial charge in [0.2, 0.25) is 0 Å². The van der Waals surface area contributed by atoms with E-state index in [1.165, 1.54) is 22.8 Å². The van der Waals surface area contributed by atoms with E-state index in [1.54, 1.807) is 19.1 Å². The van der Waals surface area contributed by atoms with Crippen LogP contribution in [0.1, 0.15) is 91.7 Å². The highest BCUT2D eigenvalue weighted by Crippen LogP contribution is 2.38. The standard InChI is InChI=1S/C24H31F3/c1-15(2)21-12-10-20(14-19(21)6)17(4)8-9-18(5)22-11-7-16(3)13-23(22)24(25,26)27/h7,10-15,17-18H,8-9H2,1-6H3. The molecule has 0 aliphatic carbocycles. The minimum absolute atomic E-state index is 0.124. The summed E-state index contributed by atoms with van der Waals surface area (Å²) < 4.78 is 40.2. The largest absolute Gasteiger partial charge is 0.416 e. The summed E-state index contributed by atoms with van der Waals surface area (Å²) in [5, 5.41) is 0. The van der Waals surface area contributed by atoms with Gasteiger partial charge >= 0.3 is 6.18 Å². The smallest absolute Gasteiger partial charge is 0.166 e. The van der Waals surface area contributed by atoms with Crippen molar-refractivity contribution in [2.75, 3.05) is 0 Å². The third kappa shape index (κ3) is 5.37. The van der Waals surface area contributed by atoms with Crippen LogP contribution in [-0.4, -0.2) is 0 Å². The Labute approximate surface area is 161 Å². The lowest BCUT2D eigenvalue weighted by molar-refractivity contribution is -0.138. The molecule has 0 spiro atoms. The quantitative estimate of drug-likeness (QED) is 0.477. The first-order valence-corrected chi connectivity index (χ1v) is 9.78. The zero-order valence-corrected chi connectivity index (χ0v) is 17.2. The van der Waals surface area contributed by atoms with Gasteiger partial charge in [0.15, 0.2) is 0 Å². The molecule has 27 heavy (non-hydrogen) atoms. The van der Waals surface area contributed by atoms with E-state index in [1.807, 2.05) is 6.92 Å². The molecular weight excluding hydrogens is 345 g/mol. The molecule has 2 aromatic carbocycles. The fourth-order valence-electron chi connectivity index (χ4n) is 3.82. The number of hydrogen-bond donors (Lipinski definition) is 0. The fourth-order valence-corrected chi connectivity index (χ4v) is 3.82. The predicted molar refractivity (Wildman–Crippen MR) is 108 cm³/mol. The first kappa shape index (κ1) is 21.5. The van der Waals surface area contributed by atoms with Gasteiger partial charge in [0.05, 0.1) is 5.56 Å². The Kier molecular flexibility index (Phi) is 6.77. The van der Waals surface area contributed by atoms with Crippen molar-refractivity contribution in [2.45, 2.75) is 78.3 Å². The lowest BCUT2D eigenvalue weighted by atomic mass is 9.85. The van der Waals surface area contributed by atoms with E-state index in [4.69, 9.17) is 0 Å². The minimum atomic E-state index is -4.30. The van der Waals surface area contributed by atoms with Crippen LogP contribution in [0.4, 0.5) is 13.2 Å². The Balaban J connectivity index is 2.12. The molecule has 0 fully saturated rings. The maximum atomic E-state index is 13.4. The van der Waals surface area contributed by atoms with Crippen molar-refractivity contribution < 1.29 is 13.2 Å². The Bertz CT molecular complexity index is 772. The first-order valence-electron chi connectivity index (χ1n) is 9.78. The van der Waals surface area contributed by atoms with Crippen molar-refractivity contribution in [1.82, 2.24) is 0 Å². The van der Waals surface area contributed by atoms with E-state index in [9.17, 15) is 13.2 Å². The van der Waals surface area contributed by atoms with Crippen LogP contribution in [0.25, 0.3) is 0 Å². The summed E-state index contributed by atoms with van der Waals surface area (Å²) in [5.41, 5.74) is 4.48. The number of halogens is 3. The van der Waals surface area contributed by atoms with Crippen molar-refractivity contribution in [1.29, 1.82) is 0 Å². The van der Waals surface area contributed by atoms with E-state index in [0.717, 1.165) is 12.8 Å². The van der Waals surface area contributed by atoms with Gasteiger partial charge in [-0.05, 0) is 72.8 Å². The summed E-state index contributed by atoms with van der Waals surface area (Å²) in [6.45, 7) is 12.3. The number of hydrogen-bond acceptors (Lipinski definition) is 0. The first-order chi connectivity index (χ1) is 12.5. The molecule has 2 atom stereocenters. The molecule has 0 aliphatic heterocycles. The van der Waals surface area contributed by atoms with Gasteiger partial charge in [-0.25, -0.2) is 0 Å². The minimum Gasteiger partial charge on any atom is -0.166 e. The van der Waals surface area contributed by atoms with Crippen molar-refractivity contribution in [3.8, 4) is 0 Å². The zero-order chi connectivity index (χ0) is 20.4. The molecule has 0 saturated carbocycles. The number of benzene rings is 2. The van der Waals surface area contributed by atoms with Gasteiger partial charge in [0.25, 0.3) is 0 Å². The molecule has 0 heterocycles. The molecule has 0 bridgehead atoms. The topological polar surface area (TPSA) is 0 Å². The molecule has 2 rings (SSSR count). The van der Waals surface area contributed by atoms with Crippen LogP contribution in [0.3, 0.4) is 0 Å². The Hall–Kier alpha value is -1.77. The van der Waals surface area contributed by atoms with Gasteiger partial charge in [0, 0.05) is 0 Å². The van der Waals surface area contributed by atoms with Crippen LogP contribution >= 0.6 is 0 Å². The number of rotatable bonds is 6. The summed E-state index contributed by atoms with van der Waals surface area (Å²) in [5.74, 6) is 0.699. The van der Waals surface area contributed by atoms with Gasteiger partial charge in [-0.3, -0.25) is 0 Å². The Morgan fingerprint density at radius 2 is 1.37 bits per heavy atom. The third-order valence-corrected chi connectivity index (χ3v) is 5.56. The van der Waals surface area contributed by atoms with E-state index < -0.39 is 11.7 Å². The molecule has 2 aromatic rings. The zero-order valence-electron chi connectivity index (χ0n) is 17.2. The Morgan fingerprint density at radius 3 is 1.93 bits per heavy atom. The molecule has 0 aromatic heterocycles. The second kappa shape index (κ2) is 8.50. The van der Waals surface area contributed by atoms with Crippen molar-refractivity contribution in [3.05, 3.63) is 69.8 Å². The van der Waals surface area contributed by atoms with Crippen LogP contribution in [0, 0.1) is 13.8 Å². The SMILES string of the molecule is Cc1ccc(C(C)CCC(C)c2ccc(C(C)C)c(C)c2)c(C(F)(F)F)c1. The van der Waals surface area contributed by atoms with Crippen molar-refractivity contribution >= 4 is 0 Å². The molecule has 0 aliphatic rings. The van der Waals surface area contributed by atoms with Crippen LogP contribution in [0.15, 0.2) is 36.4 Å². The van der Waals surface area contributed by atoms with Gasteiger partial charge in [-0.1, -0.05) is 63.6 Å². The number of alkyl halides is 3.